The molecule has 0 amide bonds. The van der Waals surface area contributed by atoms with Gasteiger partial charge in [0.25, 0.3) is 0 Å². The van der Waals surface area contributed by atoms with Crippen LogP contribution in [0.25, 0.3) is 0 Å². The zero-order valence-corrected chi connectivity index (χ0v) is 10.3. The van der Waals surface area contributed by atoms with Crippen molar-refractivity contribution in [2.24, 2.45) is 0 Å². The Labute approximate surface area is 105 Å². The Morgan fingerprint density at radius 2 is 1.94 bits per heavy atom. The molecular weight excluding hydrogens is 241 g/mol. The predicted molar refractivity (Wildman–Crippen MR) is 65.2 cm³/mol. The van der Waals surface area contributed by atoms with Gasteiger partial charge in [-0.1, -0.05) is 6.92 Å². The molecule has 0 aliphatic carbocycles. The summed E-state index contributed by atoms with van der Waals surface area (Å²) in [6, 6.07) is 1.70. The van der Waals surface area contributed by atoms with Gasteiger partial charge in [-0.3, -0.25) is 0 Å². The van der Waals surface area contributed by atoms with Crippen molar-refractivity contribution < 1.29 is 13.2 Å². The van der Waals surface area contributed by atoms with Crippen molar-refractivity contribution in [3.63, 3.8) is 0 Å². The van der Waals surface area contributed by atoms with Crippen LogP contribution in [0.4, 0.5) is 18.9 Å². The Morgan fingerprint density at radius 1 is 1.28 bits per heavy atom. The van der Waals surface area contributed by atoms with Crippen molar-refractivity contribution >= 4 is 5.69 Å². The zero-order chi connectivity index (χ0) is 13.1. The molecule has 1 atom stereocenters. The Balaban J connectivity index is 2.09. The molecule has 0 saturated carbocycles. The lowest BCUT2D eigenvalue weighted by Crippen LogP contribution is -2.33. The highest BCUT2D eigenvalue weighted by molar-refractivity contribution is 5.50. The van der Waals surface area contributed by atoms with E-state index in [0.29, 0.717) is 13.1 Å². The minimum atomic E-state index is -0.881. The van der Waals surface area contributed by atoms with E-state index in [1.807, 2.05) is 0 Å². The average Bonchev–Trinajstić information content (AvgIpc) is 2.73. The topological polar surface area (TPSA) is 15.3 Å². The molecule has 5 heteroatoms. The van der Waals surface area contributed by atoms with Gasteiger partial charge >= 0.3 is 0 Å². The first-order valence-electron chi connectivity index (χ1n) is 6.24. The summed E-state index contributed by atoms with van der Waals surface area (Å²) >= 11 is 0. The largest absolute Gasteiger partial charge is 0.365 e. The molecule has 0 aromatic heterocycles. The highest BCUT2D eigenvalue weighted by Crippen LogP contribution is 2.27. The molecule has 1 aliphatic heterocycles. The highest BCUT2D eigenvalue weighted by atomic mass is 19.1. The fraction of sp³-hybridized carbons (Fsp3) is 0.538. The fourth-order valence-corrected chi connectivity index (χ4v) is 2.32. The van der Waals surface area contributed by atoms with Crippen LogP contribution in [-0.4, -0.2) is 25.7 Å². The SMILES string of the molecule is CCCNC1CCN(c2c(F)cc(F)cc2F)C1. The summed E-state index contributed by atoms with van der Waals surface area (Å²) in [6.07, 6.45) is 1.87. The maximum absolute atomic E-state index is 13.6. The quantitative estimate of drug-likeness (QED) is 0.893. The van der Waals surface area contributed by atoms with Crippen molar-refractivity contribution in [3.05, 3.63) is 29.6 Å². The molecule has 1 aliphatic rings. The van der Waals surface area contributed by atoms with Crippen LogP contribution in [0.1, 0.15) is 19.8 Å². The van der Waals surface area contributed by atoms with E-state index in [-0.39, 0.29) is 11.7 Å². The lowest BCUT2D eigenvalue weighted by molar-refractivity contribution is 0.534. The maximum atomic E-state index is 13.6. The predicted octanol–water partition coefficient (Wildman–Crippen LogP) is 2.68. The number of benzene rings is 1. The summed E-state index contributed by atoms with van der Waals surface area (Å²) in [5.74, 6) is -2.54. The highest BCUT2D eigenvalue weighted by Gasteiger charge is 2.26. The maximum Gasteiger partial charge on any atom is 0.152 e. The van der Waals surface area contributed by atoms with E-state index < -0.39 is 17.5 Å². The molecule has 100 valence electrons. The van der Waals surface area contributed by atoms with Crippen LogP contribution < -0.4 is 10.2 Å². The molecule has 2 nitrogen and oxygen atoms in total. The number of anilines is 1. The first kappa shape index (κ1) is 13.2. The van der Waals surface area contributed by atoms with Crippen molar-refractivity contribution in [2.45, 2.75) is 25.8 Å². The Bertz CT molecular complexity index is 400. The van der Waals surface area contributed by atoms with E-state index in [1.165, 1.54) is 0 Å². The minimum absolute atomic E-state index is 0.114. The van der Waals surface area contributed by atoms with Gasteiger partial charge in [-0.15, -0.1) is 0 Å². The molecule has 1 aromatic rings. The van der Waals surface area contributed by atoms with Gasteiger partial charge in [-0.25, -0.2) is 13.2 Å². The van der Waals surface area contributed by atoms with Gasteiger partial charge in [0.15, 0.2) is 11.6 Å². The van der Waals surface area contributed by atoms with Gasteiger partial charge in [-0.2, -0.15) is 0 Å². The molecule has 1 aromatic carbocycles. The smallest absolute Gasteiger partial charge is 0.152 e. The van der Waals surface area contributed by atoms with E-state index in [0.717, 1.165) is 31.5 Å². The fourth-order valence-electron chi connectivity index (χ4n) is 2.32. The van der Waals surface area contributed by atoms with E-state index in [2.05, 4.69) is 12.2 Å². The van der Waals surface area contributed by atoms with Crippen LogP contribution in [0.2, 0.25) is 0 Å². The van der Waals surface area contributed by atoms with Crippen LogP contribution in [-0.2, 0) is 0 Å². The van der Waals surface area contributed by atoms with E-state index in [1.54, 1.807) is 4.90 Å². The summed E-state index contributed by atoms with van der Waals surface area (Å²) in [6.45, 7) is 4.10. The first-order valence-corrected chi connectivity index (χ1v) is 6.24. The van der Waals surface area contributed by atoms with Crippen molar-refractivity contribution in [2.75, 3.05) is 24.5 Å². The molecule has 0 bridgehead atoms. The number of halogens is 3. The molecule has 1 N–H and O–H groups in total. The molecule has 1 unspecified atom stereocenters. The normalized spacial score (nSPS) is 19.6. The van der Waals surface area contributed by atoms with E-state index >= 15 is 0 Å². The lowest BCUT2D eigenvalue weighted by atomic mass is 10.2. The van der Waals surface area contributed by atoms with Crippen molar-refractivity contribution in [1.29, 1.82) is 0 Å². The summed E-state index contributed by atoms with van der Waals surface area (Å²) in [5.41, 5.74) is -0.114. The number of hydrogen-bond acceptors (Lipinski definition) is 2. The molecular formula is C13H17F3N2. The third kappa shape index (κ3) is 2.77. The Morgan fingerprint density at radius 3 is 2.56 bits per heavy atom. The molecule has 1 heterocycles. The van der Waals surface area contributed by atoms with Gasteiger partial charge in [0.2, 0.25) is 0 Å². The zero-order valence-electron chi connectivity index (χ0n) is 10.3. The monoisotopic (exact) mass is 258 g/mol. The van der Waals surface area contributed by atoms with Gasteiger partial charge in [0.05, 0.1) is 0 Å². The summed E-state index contributed by atoms with van der Waals surface area (Å²) < 4.78 is 40.0. The van der Waals surface area contributed by atoms with Crippen LogP contribution in [0.3, 0.4) is 0 Å². The van der Waals surface area contributed by atoms with E-state index in [9.17, 15) is 13.2 Å². The summed E-state index contributed by atoms with van der Waals surface area (Å²) in [7, 11) is 0. The Hall–Kier alpha value is -1.23. The first-order chi connectivity index (χ1) is 8.61. The van der Waals surface area contributed by atoms with Crippen LogP contribution in [0.15, 0.2) is 12.1 Å². The second-order valence-corrected chi connectivity index (χ2v) is 4.60. The number of rotatable bonds is 4. The van der Waals surface area contributed by atoms with Crippen LogP contribution in [0.5, 0.6) is 0 Å². The number of nitrogens with one attached hydrogen (secondary N) is 1. The average molecular weight is 258 g/mol. The molecule has 1 fully saturated rings. The summed E-state index contributed by atoms with van der Waals surface area (Å²) in [5, 5.41) is 3.32. The van der Waals surface area contributed by atoms with Gasteiger partial charge < -0.3 is 10.2 Å². The number of hydrogen-bond donors (Lipinski definition) is 1. The standard InChI is InChI=1S/C13H17F3N2/c1-2-4-17-10-3-5-18(8-10)13-11(15)6-9(14)7-12(13)16/h6-7,10,17H,2-5,8H2,1H3. The second kappa shape index (κ2) is 5.61. The van der Waals surface area contributed by atoms with Crippen molar-refractivity contribution in [3.8, 4) is 0 Å². The molecule has 0 spiro atoms. The lowest BCUT2D eigenvalue weighted by Gasteiger charge is -2.20. The van der Waals surface area contributed by atoms with Gasteiger partial charge in [0, 0.05) is 31.3 Å². The van der Waals surface area contributed by atoms with Gasteiger partial charge in [0.1, 0.15) is 11.5 Å². The molecule has 18 heavy (non-hydrogen) atoms. The third-order valence-electron chi connectivity index (χ3n) is 3.17. The third-order valence-corrected chi connectivity index (χ3v) is 3.17. The van der Waals surface area contributed by atoms with Crippen LogP contribution in [0, 0.1) is 17.5 Å². The molecule has 0 radical (unpaired) electrons. The van der Waals surface area contributed by atoms with Gasteiger partial charge in [-0.05, 0) is 19.4 Å². The molecule has 2 rings (SSSR count). The summed E-state index contributed by atoms with van der Waals surface area (Å²) in [4.78, 5) is 1.64. The van der Waals surface area contributed by atoms with E-state index in [4.69, 9.17) is 0 Å². The van der Waals surface area contributed by atoms with Crippen LogP contribution >= 0.6 is 0 Å². The number of nitrogens with zero attached hydrogens (tertiary/aromatic N) is 1. The second-order valence-electron chi connectivity index (χ2n) is 4.60. The van der Waals surface area contributed by atoms with Crippen molar-refractivity contribution in [1.82, 2.24) is 5.32 Å². The molecule has 1 saturated heterocycles. The Kier molecular flexibility index (Phi) is 4.11. The minimum Gasteiger partial charge on any atom is -0.365 e.